The number of methoxy groups -OCH3 is 1. The van der Waals surface area contributed by atoms with Crippen molar-refractivity contribution in [1.82, 2.24) is 19.7 Å². The van der Waals surface area contributed by atoms with E-state index in [1.54, 1.807) is 18.9 Å². The van der Waals surface area contributed by atoms with Crippen molar-refractivity contribution in [1.29, 1.82) is 0 Å². The van der Waals surface area contributed by atoms with Crippen LogP contribution in [0.25, 0.3) is 11.4 Å². The van der Waals surface area contributed by atoms with Crippen LogP contribution in [0.15, 0.2) is 53.7 Å². The number of amides is 1. The number of morpholine rings is 1. The van der Waals surface area contributed by atoms with Crippen LogP contribution in [-0.4, -0.2) is 65.6 Å². The van der Waals surface area contributed by atoms with E-state index >= 15 is 0 Å². The molecule has 0 spiro atoms. The second kappa shape index (κ2) is 11.0. The highest BCUT2D eigenvalue weighted by atomic mass is 35.5. The fraction of sp³-hybridized carbons (Fsp3) is 0.348. The molecule has 0 radical (unpaired) electrons. The van der Waals surface area contributed by atoms with Crippen molar-refractivity contribution in [2.75, 3.05) is 40.0 Å². The van der Waals surface area contributed by atoms with E-state index in [0.29, 0.717) is 55.8 Å². The summed E-state index contributed by atoms with van der Waals surface area (Å²) in [7, 11) is 1.67. The molecule has 1 saturated heterocycles. The van der Waals surface area contributed by atoms with Gasteiger partial charge in [0.05, 0.1) is 31.4 Å². The Morgan fingerprint density at radius 2 is 1.88 bits per heavy atom. The lowest BCUT2D eigenvalue weighted by Gasteiger charge is -2.26. The van der Waals surface area contributed by atoms with Crippen LogP contribution in [0.2, 0.25) is 5.02 Å². The highest BCUT2D eigenvalue weighted by Crippen LogP contribution is 2.30. The first-order valence-corrected chi connectivity index (χ1v) is 11.8. The van der Waals surface area contributed by atoms with Crippen molar-refractivity contribution < 1.29 is 14.3 Å². The molecule has 1 aliphatic heterocycles. The van der Waals surface area contributed by atoms with Crippen LogP contribution >= 0.6 is 23.4 Å². The summed E-state index contributed by atoms with van der Waals surface area (Å²) in [6, 6.07) is 15.4. The van der Waals surface area contributed by atoms with Gasteiger partial charge in [0, 0.05) is 37.1 Å². The fourth-order valence-electron chi connectivity index (χ4n) is 3.46. The molecule has 0 aliphatic carbocycles. The standard InChI is InChI=1S/C23H25ClN4O3S/c1-30-13-12-28-21(19-4-2-3-5-20(19)24)25-26-23(28)32-16-17-6-8-18(9-7-17)22(29)27-10-14-31-15-11-27/h2-9H,10-16H2,1H3. The highest BCUT2D eigenvalue weighted by molar-refractivity contribution is 7.98. The Morgan fingerprint density at radius 3 is 2.59 bits per heavy atom. The maximum absolute atomic E-state index is 12.6. The van der Waals surface area contributed by atoms with Crippen molar-refractivity contribution in [3.63, 3.8) is 0 Å². The number of nitrogens with zero attached hydrogens (tertiary/aromatic N) is 4. The predicted octanol–water partition coefficient (Wildman–Crippen LogP) is 4.01. The summed E-state index contributed by atoms with van der Waals surface area (Å²) in [6.45, 7) is 3.64. The number of aromatic nitrogens is 3. The first kappa shape index (κ1) is 22.8. The molecule has 168 valence electrons. The lowest BCUT2D eigenvalue weighted by molar-refractivity contribution is 0.0303. The lowest BCUT2D eigenvalue weighted by Crippen LogP contribution is -2.40. The van der Waals surface area contributed by atoms with Crippen LogP contribution in [0.3, 0.4) is 0 Å². The van der Waals surface area contributed by atoms with Gasteiger partial charge in [-0.1, -0.05) is 47.6 Å². The molecule has 1 aliphatic rings. The summed E-state index contributed by atoms with van der Waals surface area (Å²) >= 11 is 7.98. The van der Waals surface area contributed by atoms with Gasteiger partial charge in [0.2, 0.25) is 0 Å². The number of ether oxygens (including phenoxy) is 2. The van der Waals surface area contributed by atoms with Gasteiger partial charge in [-0.15, -0.1) is 10.2 Å². The van der Waals surface area contributed by atoms with Crippen LogP contribution in [0, 0.1) is 0 Å². The topological polar surface area (TPSA) is 69.5 Å². The third-order valence-electron chi connectivity index (χ3n) is 5.22. The molecule has 3 aromatic rings. The van der Waals surface area contributed by atoms with Gasteiger partial charge >= 0.3 is 0 Å². The zero-order chi connectivity index (χ0) is 22.3. The summed E-state index contributed by atoms with van der Waals surface area (Å²) in [4.78, 5) is 14.5. The second-order valence-electron chi connectivity index (χ2n) is 7.32. The average Bonchev–Trinajstić information content (AvgIpc) is 3.24. The number of halogens is 1. The van der Waals surface area contributed by atoms with Gasteiger partial charge in [-0.25, -0.2) is 0 Å². The van der Waals surface area contributed by atoms with E-state index in [4.69, 9.17) is 21.1 Å². The Bertz CT molecular complexity index is 1050. The molecule has 1 amide bonds. The van der Waals surface area contributed by atoms with Gasteiger partial charge in [-0.05, 0) is 29.8 Å². The molecular formula is C23H25ClN4O3S. The summed E-state index contributed by atoms with van der Waals surface area (Å²) in [6.07, 6.45) is 0. The van der Waals surface area contributed by atoms with Crippen LogP contribution in [0.1, 0.15) is 15.9 Å². The second-order valence-corrected chi connectivity index (χ2v) is 8.67. The van der Waals surface area contributed by atoms with Crippen LogP contribution in [-0.2, 0) is 21.8 Å². The van der Waals surface area contributed by atoms with E-state index in [-0.39, 0.29) is 5.91 Å². The largest absolute Gasteiger partial charge is 0.383 e. The number of hydrogen-bond donors (Lipinski definition) is 0. The normalized spacial score (nSPS) is 14.0. The molecular weight excluding hydrogens is 448 g/mol. The van der Waals surface area contributed by atoms with Gasteiger partial charge in [0.25, 0.3) is 5.91 Å². The van der Waals surface area contributed by atoms with Gasteiger partial charge in [-0.3, -0.25) is 9.36 Å². The lowest BCUT2D eigenvalue weighted by atomic mass is 10.1. The Balaban J connectivity index is 1.46. The third kappa shape index (κ3) is 5.32. The van der Waals surface area contributed by atoms with Crippen LogP contribution in [0.4, 0.5) is 0 Å². The maximum Gasteiger partial charge on any atom is 0.254 e. The van der Waals surface area contributed by atoms with Crippen molar-refractivity contribution in [3.05, 3.63) is 64.7 Å². The summed E-state index contributed by atoms with van der Waals surface area (Å²) in [5.41, 5.74) is 2.65. The molecule has 0 unspecified atom stereocenters. The smallest absolute Gasteiger partial charge is 0.254 e. The molecule has 2 aromatic carbocycles. The third-order valence-corrected chi connectivity index (χ3v) is 6.59. The van der Waals surface area contributed by atoms with E-state index in [2.05, 4.69) is 10.2 Å². The average molecular weight is 473 g/mol. The maximum atomic E-state index is 12.6. The molecule has 1 fully saturated rings. The summed E-state index contributed by atoms with van der Waals surface area (Å²) in [5, 5.41) is 10.2. The Hall–Kier alpha value is -2.39. The van der Waals surface area contributed by atoms with Crippen molar-refractivity contribution in [2.45, 2.75) is 17.5 Å². The molecule has 0 saturated carbocycles. The minimum atomic E-state index is 0.0520. The van der Waals surface area contributed by atoms with E-state index in [0.717, 1.165) is 22.1 Å². The zero-order valence-electron chi connectivity index (χ0n) is 17.9. The Kier molecular flexibility index (Phi) is 7.81. The van der Waals surface area contributed by atoms with E-state index < -0.39 is 0 Å². The van der Waals surface area contributed by atoms with Crippen molar-refractivity contribution in [3.8, 4) is 11.4 Å². The summed E-state index contributed by atoms with van der Waals surface area (Å²) in [5.74, 6) is 1.48. The van der Waals surface area contributed by atoms with Crippen molar-refractivity contribution in [2.24, 2.45) is 0 Å². The molecule has 0 N–H and O–H groups in total. The Morgan fingerprint density at radius 1 is 1.12 bits per heavy atom. The monoisotopic (exact) mass is 472 g/mol. The quantitative estimate of drug-likeness (QED) is 0.461. The van der Waals surface area contributed by atoms with Gasteiger partial charge in [0.1, 0.15) is 0 Å². The minimum absolute atomic E-state index is 0.0520. The van der Waals surface area contributed by atoms with Gasteiger partial charge in [0.15, 0.2) is 11.0 Å². The SMILES string of the molecule is COCCn1c(SCc2ccc(C(=O)N3CCOCC3)cc2)nnc1-c1ccccc1Cl. The molecule has 2 heterocycles. The molecule has 32 heavy (non-hydrogen) atoms. The molecule has 0 bridgehead atoms. The minimum Gasteiger partial charge on any atom is -0.383 e. The number of hydrogen-bond acceptors (Lipinski definition) is 6. The fourth-order valence-corrected chi connectivity index (χ4v) is 4.60. The zero-order valence-corrected chi connectivity index (χ0v) is 19.4. The number of thioether (sulfide) groups is 1. The first-order chi connectivity index (χ1) is 15.7. The number of carbonyl (C=O) groups excluding carboxylic acids is 1. The van der Waals surface area contributed by atoms with Crippen LogP contribution in [0.5, 0.6) is 0 Å². The van der Waals surface area contributed by atoms with Gasteiger partial charge in [-0.2, -0.15) is 0 Å². The number of carbonyl (C=O) groups is 1. The van der Waals surface area contributed by atoms with E-state index in [1.807, 2.05) is 58.0 Å². The predicted molar refractivity (Wildman–Crippen MR) is 125 cm³/mol. The molecule has 7 nitrogen and oxygen atoms in total. The molecule has 0 atom stereocenters. The van der Waals surface area contributed by atoms with E-state index in [9.17, 15) is 4.79 Å². The van der Waals surface area contributed by atoms with E-state index in [1.165, 1.54) is 0 Å². The number of benzene rings is 2. The molecule has 9 heteroatoms. The van der Waals surface area contributed by atoms with Gasteiger partial charge < -0.3 is 14.4 Å². The molecule has 4 rings (SSSR count). The summed E-state index contributed by atoms with van der Waals surface area (Å²) < 4.78 is 12.6. The first-order valence-electron chi connectivity index (χ1n) is 10.4. The van der Waals surface area contributed by atoms with Crippen molar-refractivity contribution >= 4 is 29.3 Å². The van der Waals surface area contributed by atoms with Crippen LogP contribution < -0.4 is 0 Å². The number of rotatable bonds is 8. The Labute approximate surface area is 196 Å². The highest BCUT2D eigenvalue weighted by Gasteiger charge is 2.19. The molecule has 1 aromatic heterocycles.